The highest BCUT2D eigenvalue weighted by Crippen LogP contribution is 2.45. The van der Waals surface area contributed by atoms with Gasteiger partial charge in [0.1, 0.15) is 0 Å². The highest BCUT2D eigenvalue weighted by Gasteiger charge is 2.33. The van der Waals surface area contributed by atoms with Crippen LogP contribution in [0.2, 0.25) is 4.34 Å². The van der Waals surface area contributed by atoms with Crippen LogP contribution in [0, 0.1) is 6.92 Å². The van der Waals surface area contributed by atoms with Crippen LogP contribution in [0.15, 0.2) is 30.3 Å². The van der Waals surface area contributed by atoms with Crippen molar-refractivity contribution in [2.24, 2.45) is 0 Å². The number of aryl methyl sites for hydroxylation is 1. The van der Waals surface area contributed by atoms with Crippen LogP contribution in [-0.4, -0.2) is 5.11 Å². The molecule has 1 aliphatic rings. The second-order valence-corrected chi connectivity index (χ2v) is 6.25. The first kappa shape index (κ1) is 11.3. The first-order valence-electron chi connectivity index (χ1n) is 5.68. The van der Waals surface area contributed by atoms with E-state index < -0.39 is 6.10 Å². The number of halogens is 1. The molecule has 1 aromatic heterocycles. The Kier molecular flexibility index (Phi) is 2.74. The minimum atomic E-state index is -0.416. The summed E-state index contributed by atoms with van der Waals surface area (Å²) in [6, 6.07) is 10.3. The van der Waals surface area contributed by atoms with Gasteiger partial charge in [0.15, 0.2) is 0 Å². The van der Waals surface area contributed by atoms with Gasteiger partial charge in [-0.05, 0) is 36.1 Å². The van der Waals surface area contributed by atoms with Crippen molar-refractivity contribution in [3.8, 4) is 0 Å². The molecule has 2 unspecified atom stereocenters. The molecule has 2 aromatic rings. The smallest absolute Gasteiger partial charge is 0.0961 e. The van der Waals surface area contributed by atoms with E-state index in [1.165, 1.54) is 22.5 Å². The first-order valence-corrected chi connectivity index (χ1v) is 6.88. The van der Waals surface area contributed by atoms with E-state index in [4.69, 9.17) is 11.6 Å². The maximum absolute atomic E-state index is 10.4. The summed E-state index contributed by atoms with van der Waals surface area (Å²) >= 11 is 7.54. The van der Waals surface area contributed by atoms with Gasteiger partial charge in [0.25, 0.3) is 0 Å². The molecular formula is C14H13ClOS. The van der Waals surface area contributed by atoms with Crippen molar-refractivity contribution in [3.05, 3.63) is 56.2 Å². The molecule has 17 heavy (non-hydrogen) atoms. The second-order valence-electron chi connectivity index (χ2n) is 4.56. The maximum atomic E-state index is 10.4. The molecule has 0 saturated heterocycles. The fraction of sp³-hybridized carbons (Fsp3) is 0.286. The first-order chi connectivity index (χ1) is 8.16. The molecule has 2 atom stereocenters. The highest BCUT2D eigenvalue weighted by molar-refractivity contribution is 7.16. The number of aliphatic hydroxyl groups excluding tert-OH is 1. The molecule has 0 saturated carbocycles. The van der Waals surface area contributed by atoms with Gasteiger partial charge < -0.3 is 5.11 Å². The molecule has 0 bridgehead atoms. The Labute approximate surface area is 110 Å². The summed E-state index contributed by atoms with van der Waals surface area (Å²) in [5.41, 5.74) is 3.69. The van der Waals surface area contributed by atoms with Gasteiger partial charge in [0.2, 0.25) is 0 Å². The summed E-state index contributed by atoms with van der Waals surface area (Å²) in [4.78, 5) is 0.979. The summed E-state index contributed by atoms with van der Waals surface area (Å²) in [5.74, 6) is 0.236. The predicted octanol–water partition coefficient (Wildman–Crippen LogP) is 4.08. The SMILES string of the molecule is Cc1cc(C(O)C2Cc3ccccc32)sc1Cl. The van der Waals surface area contributed by atoms with E-state index in [1.807, 2.05) is 25.1 Å². The second kappa shape index (κ2) is 4.13. The molecule has 1 aliphatic carbocycles. The van der Waals surface area contributed by atoms with Crippen LogP contribution >= 0.6 is 22.9 Å². The number of hydrogen-bond acceptors (Lipinski definition) is 2. The average molecular weight is 265 g/mol. The molecule has 1 aromatic carbocycles. The topological polar surface area (TPSA) is 20.2 Å². The molecule has 0 radical (unpaired) electrons. The standard InChI is InChI=1S/C14H13ClOS/c1-8-6-12(17-14(8)15)13(16)11-7-9-4-2-3-5-10(9)11/h2-6,11,13,16H,7H2,1H3. The van der Waals surface area contributed by atoms with E-state index in [0.717, 1.165) is 21.2 Å². The quantitative estimate of drug-likeness (QED) is 0.866. The Morgan fingerprint density at radius 1 is 1.41 bits per heavy atom. The Morgan fingerprint density at radius 2 is 2.18 bits per heavy atom. The number of aliphatic hydroxyl groups is 1. The van der Waals surface area contributed by atoms with Crippen LogP contribution in [0.25, 0.3) is 0 Å². The molecule has 1 N–H and O–H groups in total. The normalized spacial score (nSPS) is 19.6. The fourth-order valence-electron chi connectivity index (χ4n) is 2.41. The van der Waals surface area contributed by atoms with Crippen LogP contribution in [0.4, 0.5) is 0 Å². The van der Waals surface area contributed by atoms with Crippen molar-refractivity contribution in [2.45, 2.75) is 25.4 Å². The number of benzene rings is 1. The van der Waals surface area contributed by atoms with Crippen LogP contribution < -0.4 is 0 Å². The number of fused-ring (bicyclic) bond motifs is 1. The third kappa shape index (κ3) is 1.81. The summed E-state index contributed by atoms with van der Waals surface area (Å²) in [6.45, 7) is 1.98. The molecule has 88 valence electrons. The van der Waals surface area contributed by atoms with Crippen molar-refractivity contribution in [3.63, 3.8) is 0 Å². The fourth-order valence-corrected chi connectivity index (χ4v) is 3.68. The minimum Gasteiger partial charge on any atom is -0.387 e. The molecule has 0 fully saturated rings. The molecular weight excluding hydrogens is 252 g/mol. The van der Waals surface area contributed by atoms with Crippen LogP contribution in [0.3, 0.4) is 0 Å². The molecule has 1 heterocycles. The largest absolute Gasteiger partial charge is 0.387 e. The highest BCUT2D eigenvalue weighted by atomic mass is 35.5. The third-order valence-electron chi connectivity index (χ3n) is 3.44. The van der Waals surface area contributed by atoms with E-state index in [0.29, 0.717) is 0 Å². The zero-order valence-corrected chi connectivity index (χ0v) is 11.1. The lowest BCUT2D eigenvalue weighted by molar-refractivity contribution is 0.138. The lowest BCUT2D eigenvalue weighted by Crippen LogP contribution is -2.22. The summed E-state index contributed by atoms with van der Waals surface area (Å²) in [5, 5.41) is 10.4. The van der Waals surface area contributed by atoms with Gasteiger partial charge >= 0.3 is 0 Å². The van der Waals surface area contributed by atoms with Crippen molar-refractivity contribution in [1.29, 1.82) is 0 Å². The molecule has 3 rings (SSSR count). The number of thiophene rings is 1. The monoisotopic (exact) mass is 264 g/mol. The van der Waals surface area contributed by atoms with Crippen molar-refractivity contribution >= 4 is 22.9 Å². The van der Waals surface area contributed by atoms with E-state index >= 15 is 0 Å². The van der Waals surface area contributed by atoms with E-state index in [1.54, 1.807) is 0 Å². The van der Waals surface area contributed by atoms with Crippen molar-refractivity contribution < 1.29 is 5.11 Å². The molecule has 0 aliphatic heterocycles. The van der Waals surface area contributed by atoms with Crippen LogP contribution in [0.5, 0.6) is 0 Å². The Morgan fingerprint density at radius 3 is 2.82 bits per heavy atom. The Balaban J connectivity index is 1.88. The summed E-state index contributed by atoms with van der Waals surface area (Å²) in [7, 11) is 0. The molecule has 1 nitrogen and oxygen atoms in total. The maximum Gasteiger partial charge on any atom is 0.0961 e. The minimum absolute atomic E-state index is 0.236. The average Bonchev–Trinajstić information content (AvgIpc) is 2.61. The van der Waals surface area contributed by atoms with Crippen molar-refractivity contribution in [2.75, 3.05) is 0 Å². The van der Waals surface area contributed by atoms with E-state index in [2.05, 4.69) is 12.1 Å². The Bertz CT molecular complexity index is 542. The lowest BCUT2D eigenvalue weighted by atomic mass is 9.74. The van der Waals surface area contributed by atoms with Crippen LogP contribution in [0.1, 0.15) is 33.6 Å². The zero-order valence-electron chi connectivity index (χ0n) is 9.48. The van der Waals surface area contributed by atoms with Gasteiger partial charge in [-0.25, -0.2) is 0 Å². The third-order valence-corrected chi connectivity index (χ3v) is 5.07. The van der Waals surface area contributed by atoms with Gasteiger partial charge in [-0.3, -0.25) is 0 Å². The van der Waals surface area contributed by atoms with Crippen LogP contribution in [-0.2, 0) is 6.42 Å². The van der Waals surface area contributed by atoms with Gasteiger partial charge in [-0.2, -0.15) is 0 Å². The summed E-state index contributed by atoms with van der Waals surface area (Å²) < 4.78 is 0.784. The van der Waals surface area contributed by atoms with Gasteiger partial charge in [0.05, 0.1) is 10.4 Å². The molecule has 0 amide bonds. The van der Waals surface area contributed by atoms with E-state index in [-0.39, 0.29) is 5.92 Å². The molecule has 3 heteroatoms. The number of rotatable bonds is 2. The van der Waals surface area contributed by atoms with Crippen molar-refractivity contribution in [1.82, 2.24) is 0 Å². The molecule has 0 spiro atoms. The van der Waals surface area contributed by atoms with Gasteiger partial charge in [0, 0.05) is 10.8 Å². The van der Waals surface area contributed by atoms with Gasteiger partial charge in [-0.15, -0.1) is 11.3 Å². The Hall–Kier alpha value is -0.830. The lowest BCUT2D eigenvalue weighted by Gasteiger charge is -2.33. The summed E-state index contributed by atoms with van der Waals surface area (Å²) in [6.07, 6.45) is 0.549. The van der Waals surface area contributed by atoms with Gasteiger partial charge in [-0.1, -0.05) is 35.9 Å². The predicted molar refractivity (Wildman–Crippen MR) is 71.9 cm³/mol. The zero-order chi connectivity index (χ0) is 12.0. The number of hydrogen-bond donors (Lipinski definition) is 1. The van der Waals surface area contributed by atoms with E-state index in [9.17, 15) is 5.11 Å².